The van der Waals surface area contributed by atoms with E-state index < -0.39 is 5.97 Å². The smallest absolute Gasteiger partial charge is 0.335 e. The van der Waals surface area contributed by atoms with Crippen LogP contribution in [0.15, 0.2) is 40.8 Å². The zero-order valence-corrected chi connectivity index (χ0v) is 12.6. The lowest BCUT2D eigenvalue weighted by atomic mass is 10.0. The summed E-state index contributed by atoms with van der Waals surface area (Å²) in [5.74, 6) is 0.589. The Morgan fingerprint density at radius 1 is 1.29 bits per heavy atom. The molecule has 1 aromatic carbocycles. The normalized spacial score (nSPS) is 11.6. The zero-order valence-electron chi connectivity index (χ0n) is 12.6. The fraction of sp³-hybridized carbons (Fsp3) is 0.353. The molecule has 4 heteroatoms. The number of rotatable bonds is 6. The van der Waals surface area contributed by atoms with Crippen molar-refractivity contribution in [1.29, 1.82) is 0 Å². The van der Waals surface area contributed by atoms with Crippen molar-refractivity contribution >= 4 is 5.97 Å². The molecule has 2 N–H and O–H groups in total. The summed E-state index contributed by atoms with van der Waals surface area (Å²) in [5, 5.41) is 12.5. The van der Waals surface area contributed by atoms with Crippen LogP contribution in [0.1, 0.15) is 43.3 Å². The van der Waals surface area contributed by atoms with Crippen LogP contribution in [0, 0.1) is 0 Å². The first kappa shape index (κ1) is 15.3. The second kappa shape index (κ2) is 6.14. The lowest BCUT2D eigenvalue weighted by molar-refractivity contribution is 0.0697. The molecule has 0 saturated carbocycles. The summed E-state index contributed by atoms with van der Waals surface area (Å²) >= 11 is 0. The van der Waals surface area contributed by atoms with Gasteiger partial charge in [-0.05, 0) is 44.5 Å². The Kier molecular flexibility index (Phi) is 4.48. The summed E-state index contributed by atoms with van der Waals surface area (Å²) in [4.78, 5) is 11.0. The SMILES string of the molecule is CCC(C)(C)NCc1ccc(-c2cccc(C(=O)O)c2)o1. The Labute approximate surface area is 124 Å². The quantitative estimate of drug-likeness (QED) is 0.845. The molecule has 0 spiro atoms. The van der Waals surface area contributed by atoms with Gasteiger partial charge in [-0.25, -0.2) is 4.79 Å². The van der Waals surface area contributed by atoms with Crippen LogP contribution in [0.5, 0.6) is 0 Å². The highest BCUT2D eigenvalue weighted by atomic mass is 16.4. The fourth-order valence-corrected chi connectivity index (χ4v) is 1.88. The van der Waals surface area contributed by atoms with Crippen molar-refractivity contribution in [2.45, 2.75) is 39.3 Å². The van der Waals surface area contributed by atoms with Gasteiger partial charge in [0.2, 0.25) is 0 Å². The second-order valence-corrected chi connectivity index (χ2v) is 5.74. The van der Waals surface area contributed by atoms with Crippen LogP contribution in [0.25, 0.3) is 11.3 Å². The number of benzene rings is 1. The Morgan fingerprint density at radius 2 is 2.05 bits per heavy atom. The van der Waals surface area contributed by atoms with E-state index in [1.807, 2.05) is 18.2 Å². The number of nitrogens with one attached hydrogen (secondary N) is 1. The van der Waals surface area contributed by atoms with E-state index in [1.165, 1.54) is 0 Å². The average Bonchev–Trinajstić information content (AvgIpc) is 2.94. The van der Waals surface area contributed by atoms with Crippen molar-refractivity contribution in [3.8, 4) is 11.3 Å². The maximum atomic E-state index is 11.0. The van der Waals surface area contributed by atoms with E-state index in [0.29, 0.717) is 12.3 Å². The highest BCUT2D eigenvalue weighted by molar-refractivity contribution is 5.89. The lowest BCUT2D eigenvalue weighted by Gasteiger charge is -2.23. The number of furan rings is 1. The molecule has 2 rings (SSSR count). The fourth-order valence-electron chi connectivity index (χ4n) is 1.88. The van der Waals surface area contributed by atoms with Gasteiger partial charge in [0, 0.05) is 11.1 Å². The maximum absolute atomic E-state index is 11.0. The molecule has 0 radical (unpaired) electrons. The number of hydrogen-bond acceptors (Lipinski definition) is 3. The summed E-state index contributed by atoms with van der Waals surface area (Å²) in [5.41, 5.74) is 1.10. The summed E-state index contributed by atoms with van der Waals surface area (Å²) in [6.45, 7) is 7.08. The number of carboxylic acid groups (broad SMARTS) is 1. The minimum Gasteiger partial charge on any atom is -0.478 e. The molecular formula is C17H21NO3. The van der Waals surface area contributed by atoms with Crippen LogP contribution < -0.4 is 5.32 Å². The third kappa shape index (κ3) is 3.95. The minimum absolute atomic E-state index is 0.0657. The van der Waals surface area contributed by atoms with Crippen LogP contribution in [0.2, 0.25) is 0 Å². The van der Waals surface area contributed by atoms with Crippen LogP contribution in [-0.2, 0) is 6.54 Å². The Hall–Kier alpha value is -2.07. The maximum Gasteiger partial charge on any atom is 0.335 e. The summed E-state index contributed by atoms with van der Waals surface area (Å²) < 4.78 is 5.79. The molecule has 1 aromatic heterocycles. The molecule has 0 aliphatic carbocycles. The van der Waals surface area contributed by atoms with E-state index in [0.717, 1.165) is 17.7 Å². The molecule has 0 amide bonds. The Bertz CT molecular complexity index is 628. The van der Waals surface area contributed by atoms with Crippen molar-refractivity contribution in [3.05, 3.63) is 47.7 Å². The number of hydrogen-bond donors (Lipinski definition) is 2. The molecule has 2 aromatic rings. The monoisotopic (exact) mass is 287 g/mol. The topological polar surface area (TPSA) is 62.5 Å². The number of carbonyl (C=O) groups is 1. The summed E-state index contributed by atoms with van der Waals surface area (Å²) in [6.07, 6.45) is 1.03. The molecule has 21 heavy (non-hydrogen) atoms. The molecular weight excluding hydrogens is 266 g/mol. The number of aromatic carboxylic acids is 1. The van der Waals surface area contributed by atoms with Crippen LogP contribution in [-0.4, -0.2) is 16.6 Å². The van der Waals surface area contributed by atoms with Crippen molar-refractivity contribution in [3.63, 3.8) is 0 Å². The van der Waals surface area contributed by atoms with Gasteiger partial charge in [-0.2, -0.15) is 0 Å². The van der Waals surface area contributed by atoms with Crippen molar-refractivity contribution < 1.29 is 14.3 Å². The third-order valence-electron chi connectivity index (χ3n) is 3.68. The van der Waals surface area contributed by atoms with Gasteiger partial charge in [-0.1, -0.05) is 19.1 Å². The van der Waals surface area contributed by atoms with Gasteiger partial charge >= 0.3 is 5.97 Å². The van der Waals surface area contributed by atoms with Gasteiger partial charge in [0.05, 0.1) is 12.1 Å². The van der Waals surface area contributed by atoms with Crippen molar-refractivity contribution in [2.75, 3.05) is 0 Å². The standard InChI is InChI=1S/C17H21NO3/c1-4-17(2,3)18-11-14-8-9-15(21-14)12-6-5-7-13(10-12)16(19)20/h5-10,18H,4,11H2,1-3H3,(H,19,20). The average molecular weight is 287 g/mol. The molecule has 0 unspecified atom stereocenters. The van der Waals surface area contributed by atoms with E-state index >= 15 is 0 Å². The van der Waals surface area contributed by atoms with E-state index in [-0.39, 0.29) is 11.1 Å². The molecule has 0 bridgehead atoms. The Balaban J connectivity index is 2.13. The molecule has 4 nitrogen and oxygen atoms in total. The molecule has 1 heterocycles. The first-order chi connectivity index (χ1) is 9.91. The van der Waals surface area contributed by atoms with E-state index in [1.54, 1.807) is 18.2 Å². The van der Waals surface area contributed by atoms with Gasteiger partial charge in [0.15, 0.2) is 0 Å². The van der Waals surface area contributed by atoms with Crippen molar-refractivity contribution in [2.24, 2.45) is 0 Å². The van der Waals surface area contributed by atoms with E-state index in [4.69, 9.17) is 9.52 Å². The largest absolute Gasteiger partial charge is 0.478 e. The minimum atomic E-state index is -0.935. The zero-order chi connectivity index (χ0) is 15.5. The molecule has 0 atom stereocenters. The van der Waals surface area contributed by atoms with Gasteiger partial charge in [0.25, 0.3) is 0 Å². The predicted octanol–water partition coefficient (Wildman–Crippen LogP) is 3.92. The van der Waals surface area contributed by atoms with Gasteiger partial charge < -0.3 is 14.8 Å². The molecule has 0 saturated heterocycles. The molecule has 0 fully saturated rings. The first-order valence-corrected chi connectivity index (χ1v) is 7.09. The molecule has 0 aliphatic rings. The van der Waals surface area contributed by atoms with Crippen LogP contribution >= 0.6 is 0 Å². The second-order valence-electron chi connectivity index (χ2n) is 5.74. The predicted molar refractivity (Wildman–Crippen MR) is 82.3 cm³/mol. The van der Waals surface area contributed by atoms with E-state index in [9.17, 15) is 4.79 Å². The van der Waals surface area contributed by atoms with Gasteiger partial charge in [0.1, 0.15) is 11.5 Å². The first-order valence-electron chi connectivity index (χ1n) is 7.09. The Morgan fingerprint density at radius 3 is 2.71 bits per heavy atom. The summed E-state index contributed by atoms with van der Waals surface area (Å²) in [6, 6.07) is 10.5. The summed E-state index contributed by atoms with van der Waals surface area (Å²) in [7, 11) is 0. The lowest BCUT2D eigenvalue weighted by Crippen LogP contribution is -2.37. The highest BCUT2D eigenvalue weighted by Crippen LogP contribution is 2.23. The van der Waals surface area contributed by atoms with Crippen molar-refractivity contribution in [1.82, 2.24) is 5.32 Å². The van der Waals surface area contributed by atoms with Crippen LogP contribution in [0.3, 0.4) is 0 Å². The van der Waals surface area contributed by atoms with E-state index in [2.05, 4.69) is 26.1 Å². The highest BCUT2D eigenvalue weighted by Gasteiger charge is 2.15. The van der Waals surface area contributed by atoms with Gasteiger partial charge in [-0.15, -0.1) is 0 Å². The molecule has 112 valence electrons. The van der Waals surface area contributed by atoms with Gasteiger partial charge in [-0.3, -0.25) is 0 Å². The van der Waals surface area contributed by atoms with Crippen LogP contribution in [0.4, 0.5) is 0 Å². The third-order valence-corrected chi connectivity index (χ3v) is 3.68. The number of carboxylic acids is 1. The molecule has 0 aliphatic heterocycles.